The molecule has 6 heteroatoms. The molecular weight excluding hydrogens is 232 g/mol. The van der Waals surface area contributed by atoms with E-state index in [1.54, 1.807) is 6.92 Å². The van der Waals surface area contributed by atoms with Gasteiger partial charge in [0, 0.05) is 26.1 Å². The lowest BCUT2D eigenvalue weighted by atomic mass is 10.4. The van der Waals surface area contributed by atoms with E-state index < -0.39 is 0 Å². The van der Waals surface area contributed by atoms with E-state index in [-0.39, 0.29) is 5.97 Å². The summed E-state index contributed by atoms with van der Waals surface area (Å²) in [4.78, 5) is 19.8. The summed E-state index contributed by atoms with van der Waals surface area (Å²) >= 11 is 0. The lowest BCUT2D eigenvalue weighted by Gasteiger charge is -2.08. The number of carbonyl (C=O) groups excluding carboxylic acids is 1. The summed E-state index contributed by atoms with van der Waals surface area (Å²) in [6, 6.07) is 1.81. The van der Waals surface area contributed by atoms with Crippen LogP contribution in [-0.2, 0) is 16.0 Å². The number of hydrogen-bond acceptors (Lipinski definition) is 6. The zero-order valence-electron chi connectivity index (χ0n) is 11.1. The molecule has 1 aromatic heterocycles. The van der Waals surface area contributed by atoms with E-state index in [9.17, 15) is 4.79 Å². The summed E-state index contributed by atoms with van der Waals surface area (Å²) in [5, 5.41) is 6.07. The third-order valence-corrected chi connectivity index (χ3v) is 2.29. The van der Waals surface area contributed by atoms with Crippen LogP contribution in [0.5, 0.6) is 0 Å². The fourth-order valence-electron chi connectivity index (χ4n) is 1.40. The topological polar surface area (TPSA) is 76.1 Å². The minimum Gasteiger partial charge on any atom is -0.466 e. The first-order chi connectivity index (χ1) is 8.69. The van der Waals surface area contributed by atoms with E-state index >= 15 is 0 Å². The molecule has 0 aliphatic heterocycles. The highest BCUT2D eigenvalue weighted by molar-refractivity contribution is 5.70. The molecule has 1 rings (SSSR count). The Morgan fingerprint density at radius 3 is 2.67 bits per heavy atom. The van der Waals surface area contributed by atoms with Crippen LogP contribution >= 0.6 is 0 Å². The molecule has 100 valence electrons. The molecule has 0 aliphatic rings. The van der Waals surface area contributed by atoms with Gasteiger partial charge < -0.3 is 15.4 Å². The second-order valence-corrected chi connectivity index (χ2v) is 3.64. The maximum absolute atomic E-state index is 11.2. The van der Waals surface area contributed by atoms with Gasteiger partial charge in [-0.15, -0.1) is 0 Å². The average Bonchev–Trinajstić information content (AvgIpc) is 2.38. The Labute approximate surface area is 107 Å². The van der Waals surface area contributed by atoms with Crippen molar-refractivity contribution in [2.45, 2.75) is 26.7 Å². The second-order valence-electron chi connectivity index (χ2n) is 3.64. The number of nitrogens with zero attached hydrogens (tertiary/aromatic N) is 2. The number of aryl methyl sites for hydroxylation is 1. The average molecular weight is 252 g/mol. The number of rotatable bonds is 7. The van der Waals surface area contributed by atoms with Gasteiger partial charge in [0.05, 0.1) is 13.0 Å². The number of ether oxygens (including phenoxy) is 1. The molecule has 18 heavy (non-hydrogen) atoms. The number of esters is 1. The normalized spacial score (nSPS) is 9.94. The molecule has 0 bridgehead atoms. The van der Waals surface area contributed by atoms with E-state index in [2.05, 4.69) is 20.6 Å². The van der Waals surface area contributed by atoms with Crippen molar-refractivity contribution in [3.05, 3.63) is 11.9 Å². The van der Waals surface area contributed by atoms with E-state index in [0.29, 0.717) is 19.6 Å². The molecule has 0 aliphatic carbocycles. The van der Waals surface area contributed by atoms with Gasteiger partial charge in [-0.1, -0.05) is 6.92 Å². The van der Waals surface area contributed by atoms with Crippen LogP contribution in [0.25, 0.3) is 0 Å². The van der Waals surface area contributed by atoms with Gasteiger partial charge in [0.25, 0.3) is 0 Å². The van der Waals surface area contributed by atoms with E-state index in [1.165, 1.54) is 0 Å². The zero-order valence-corrected chi connectivity index (χ0v) is 11.1. The minimum absolute atomic E-state index is 0.205. The summed E-state index contributed by atoms with van der Waals surface area (Å²) in [6.45, 7) is 4.71. The van der Waals surface area contributed by atoms with Crippen LogP contribution in [0.4, 0.5) is 11.6 Å². The largest absolute Gasteiger partial charge is 0.466 e. The summed E-state index contributed by atoms with van der Waals surface area (Å²) in [5.74, 6) is 2.04. The van der Waals surface area contributed by atoms with Gasteiger partial charge in [0.2, 0.25) is 0 Å². The zero-order chi connectivity index (χ0) is 13.4. The Morgan fingerprint density at radius 1 is 1.33 bits per heavy atom. The minimum atomic E-state index is -0.205. The lowest BCUT2D eigenvalue weighted by Crippen LogP contribution is -2.13. The van der Waals surface area contributed by atoms with Crippen LogP contribution in [0.3, 0.4) is 0 Å². The molecule has 6 nitrogen and oxygen atoms in total. The highest BCUT2D eigenvalue weighted by Crippen LogP contribution is 2.11. The Kier molecular flexibility index (Phi) is 5.90. The monoisotopic (exact) mass is 252 g/mol. The Bertz CT molecular complexity index is 373. The van der Waals surface area contributed by atoms with Gasteiger partial charge in [0.1, 0.15) is 17.5 Å². The van der Waals surface area contributed by atoms with E-state index in [0.717, 1.165) is 23.9 Å². The van der Waals surface area contributed by atoms with Gasteiger partial charge in [-0.2, -0.15) is 0 Å². The SMILES string of the molecule is CCOC(=O)CCNc1cc(NC)nc(CC)n1. The molecular formula is C12H20N4O2. The molecule has 0 fully saturated rings. The lowest BCUT2D eigenvalue weighted by molar-refractivity contribution is -0.142. The van der Waals surface area contributed by atoms with Gasteiger partial charge in [-0.3, -0.25) is 4.79 Å². The van der Waals surface area contributed by atoms with Crippen LogP contribution in [-0.4, -0.2) is 36.1 Å². The van der Waals surface area contributed by atoms with Gasteiger partial charge >= 0.3 is 5.97 Å². The van der Waals surface area contributed by atoms with Crippen LogP contribution < -0.4 is 10.6 Å². The molecule has 0 aromatic carbocycles. The first kappa shape index (κ1) is 14.2. The van der Waals surface area contributed by atoms with Crippen LogP contribution in [0.2, 0.25) is 0 Å². The predicted octanol–water partition coefficient (Wildman–Crippen LogP) is 1.45. The van der Waals surface area contributed by atoms with Crippen LogP contribution in [0, 0.1) is 0 Å². The van der Waals surface area contributed by atoms with Crippen molar-refractivity contribution in [2.24, 2.45) is 0 Å². The first-order valence-electron chi connectivity index (χ1n) is 6.14. The fraction of sp³-hybridized carbons (Fsp3) is 0.583. The first-order valence-corrected chi connectivity index (χ1v) is 6.14. The molecule has 2 N–H and O–H groups in total. The summed E-state index contributed by atoms with van der Waals surface area (Å²) < 4.78 is 4.85. The Hall–Kier alpha value is -1.85. The van der Waals surface area contributed by atoms with Crippen LogP contribution in [0.1, 0.15) is 26.1 Å². The number of aromatic nitrogens is 2. The van der Waals surface area contributed by atoms with Crippen molar-refractivity contribution in [1.29, 1.82) is 0 Å². The molecule has 1 heterocycles. The molecule has 0 spiro atoms. The van der Waals surface area contributed by atoms with Crippen molar-refractivity contribution >= 4 is 17.6 Å². The van der Waals surface area contributed by atoms with Crippen molar-refractivity contribution in [3.63, 3.8) is 0 Å². The third-order valence-electron chi connectivity index (χ3n) is 2.29. The Balaban J connectivity index is 2.53. The third kappa shape index (κ3) is 4.57. The fourth-order valence-corrected chi connectivity index (χ4v) is 1.40. The summed E-state index contributed by atoms with van der Waals surface area (Å²) in [7, 11) is 1.81. The molecule has 0 saturated carbocycles. The van der Waals surface area contributed by atoms with Gasteiger partial charge in [-0.25, -0.2) is 9.97 Å². The number of anilines is 2. The van der Waals surface area contributed by atoms with Gasteiger partial charge in [-0.05, 0) is 6.92 Å². The highest BCUT2D eigenvalue weighted by atomic mass is 16.5. The molecule has 0 radical (unpaired) electrons. The van der Waals surface area contributed by atoms with Gasteiger partial charge in [0.15, 0.2) is 0 Å². The quantitative estimate of drug-likeness (QED) is 0.715. The smallest absolute Gasteiger partial charge is 0.307 e. The summed E-state index contributed by atoms with van der Waals surface area (Å²) in [6.07, 6.45) is 1.09. The number of nitrogens with one attached hydrogen (secondary N) is 2. The standard InChI is InChI=1S/C12H20N4O2/c1-4-9-15-10(13-3)8-11(16-9)14-7-6-12(17)18-5-2/h8H,4-7H2,1-3H3,(H2,13,14,15,16). The van der Waals surface area contributed by atoms with E-state index in [4.69, 9.17) is 4.74 Å². The maximum atomic E-state index is 11.2. The molecule has 0 unspecified atom stereocenters. The van der Waals surface area contributed by atoms with E-state index in [1.807, 2.05) is 20.0 Å². The highest BCUT2D eigenvalue weighted by Gasteiger charge is 2.04. The summed E-state index contributed by atoms with van der Waals surface area (Å²) in [5.41, 5.74) is 0. The van der Waals surface area contributed by atoms with Crippen molar-refractivity contribution in [2.75, 3.05) is 30.8 Å². The molecule has 0 saturated heterocycles. The Morgan fingerprint density at radius 2 is 2.06 bits per heavy atom. The number of carbonyl (C=O) groups is 1. The van der Waals surface area contributed by atoms with Crippen molar-refractivity contribution in [3.8, 4) is 0 Å². The van der Waals surface area contributed by atoms with Crippen molar-refractivity contribution in [1.82, 2.24) is 9.97 Å². The molecule has 0 atom stereocenters. The predicted molar refractivity (Wildman–Crippen MR) is 70.7 cm³/mol. The second kappa shape index (κ2) is 7.47. The molecule has 1 aromatic rings. The number of hydrogen-bond donors (Lipinski definition) is 2. The van der Waals surface area contributed by atoms with Crippen molar-refractivity contribution < 1.29 is 9.53 Å². The maximum Gasteiger partial charge on any atom is 0.307 e. The molecule has 0 amide bonds. The van der Waals surface area contributed by atoms with Crippen LogP contribution in [0.15, 0.2) is 6.07 Å².